The molecule has 0 bridgehead atoms. The monoisotopic (exact) mass is 268 g/mol. The zero-order valence-corrected chi connectivity index (χ0v) is 12.3. The topological polar surface area (TPSA) is 64.4 Å². The van der Waals surface area contributed by atoms with Crippen LogP contribution in [0.3, 0.4) is 0 Å². The third-order valence-electron chi connectivity index (χ3n) is 4.89. The summed E-state index contributed by atoms with van der Waals surface area (Å²) in [5, 5.41) is 3.17. The third kappa shape index (κ3) is 3.69. The number of hydrogen-bond donors (Lipinski definition) is 2. The molecule has 4 nitrogen and oxygen atoms in total. The van der Waals surface area contributed by atoms with Crippen LogP contribution < -0.4 is 11.1 Å². The Morgan fingerprint density at radius 3 is 2.32 bits per heavy atom. The summed E-state index contributed by atoms with van der Waals surface area (Å²) in [5.74, 6) is 1.61. The fourth-order valence-electron chi connectivity index (χ4n) is 3.22. The van der Waals surface area contributed by atoms with Gasteiger partial charge in [-0.2, -0.15) is 0 Å². The van der Waals surface area contributed by atoms with Gasteiger partial charge in [0.1, 0.15) is 0 Å². The van der Waals surface area contributed by atoms with E-state index >= 15 is 0 Å². The minimum Gasteiger partial charge on any atom is -0.381 e. The third-order valence-corrected chi connectivity index (χ3v) is 4.89. The van der Waals surface area contributed by atoms with Crippen molar-refractivity contribution in [1.29, 1.82) is 0 Å². The molecule has 1 aliphatic carbocycles. The average molecular weight is 268 g/mol. The highest BCUT2D eigenvalue weighted by atomic mass is 16.5. The molecule has 2 aliphatic rings. The number of rotatable bonds is 3. The highest BCUT2D eigenvalue weighted by Crippen LogP contribution is 2.30. The van der Waals surface area contributed by atoms with Crippen LogP contribution >= 0.6 is 0 Å². The van der Waals surface area contributed by atoms with Gasteiger partial charge in [0.15, 0.2) is 0 Å². The molecule has 19 heavy (non-hydrogen) atoms. The molecule has 0 spiro atoms. The molecule has 2 rings (SSSR count). The van der Waals surface area contributed by atoms with Crippen LogP contribution in [0.15, 0.2) is 0 Å². The summed E-state index contributed by atoms with van der Waals surface area (Å²) < 4.78 is 5.29. The number of nitrogens with two attached hydrogens (primary N) is 1. The Labute approximate surface area is 116 Å². The number of carbonyl (C=O) groups excluding carboxylic acids is 1. The van der Waals surface area contributed by atoms with Gasteiger partial charge in [0, 0.05) is 19.3 Å². The molecule has 1 aliphatic heterocycles. The number of nitrogens with one attached hydrogen (secondary N) is 1. The Morgan fingerprint density at radius 1 is 1.21 bits per heavy atom. The molecule has 110 valence electrons. The van der Waals surface area contributed by atoms with Crippen LogP contribution in [0, 0.1) is 11.8 Å². The smallest absolute Gasteiger partial charge is 0.240 e. The molecule has 1 saturated carbocycles. The zero-order chi connectivity index (χ0) is 13.9. The largest absolute Gasteiger partial charge is 0.381 e. The van der Waals surface area contributed by atoms with Gasteiger partial charge < -0.3 is 15.8 Å². The lowest BCUT2D eigenvalue weighted by Gasteiger charge is -2.36. The maximum absolute atomic E-state index is 12.3. The molecule has 0 unspecified atom stereocenters. The van der Waals surface area contributed by atoms with E-state index in [-0.39, 0.29) is 5.91 Å². The molecule has 1 saturated heterocycles. The van der Waals surface area contributed by atoms with Crippen molar-refractivity contribution in [2.75, 3.05) is 13.2 Å². The maximum atomic E-state index is 12.3. The first-order chi connectivity index (χ1) is 9.01. The molecule has 1 heterocycles. The zero-order valence-electron chi connectivity index (χ0n) is 12.3. The van der Waals surface area contributed by atoms with E-state index in [0.29, 0.717) is 32.1 Å². The molecule has 0 aromatic rings. The van der Waals surface area contributed by atoms with Crippen molar-refractivity contribution in [2.45, 2.75) is 64.0 Å². The number of ether oxygens (including phenoxy) is 1. The minimum absolute atomic E-state index is 0.0313. The summed E-state index contributed by atoms with van der Waals surface area (Å²) in [5.41, 5.74) is 5.50. The van der Waals surface area contributed by atoms with E-state index in [0.717, 1.165) is 24.7 Å². The van der Waals surface area contributed by atoms with Crippen molar-refractivity contribution in [3.63, 3.8) is 0 Å². The van der Waals surface area contributed by atoms with Crippen molar-refractivity contribution in [3.8, 4) is 0 Å². The van der Waals surface area contributed by atoms with Crippen LogP contribution in [0.5, 0.6) is 0 Å². The first-order valence-electron chi connectivity index (χ1n) is 7.69. The SMILES string of the molecule is CC(C)C1CCC(NC(=O)C2(N)CCOCC2)CC1. The van der Waals surface area contributed by atoms with E-state index in [4.69, 9.17) is 10.5 Å². The van der Waals surface area contributed by atoms with Gasteiger partial charge in [-0.15, -0.1) is 0 Å². The van der Waals surface area contributed by atoms with Crippen molar-refractivity contribution < 1.29 is 9.53 Å². The van der Waals surface area contributed by atoms with Gasteiger partial charge >= 0.3 is 0 Å². The Balaban J connectivity index is 1.80. The fourth-order valence-corrected chi connectivity index (χ4v) is 3.22. The molecule has 0 atom stereocenters. The second kappa shape index (κ2) is 6.23. The standard InChI is InChI=1S/C15H28N2O2/c1-11(2)12-3-5-13(6-4-12)17-14(18)15(16)7-9-19-10-8-15/h11-13H,3-10,16H2,1-2H3,(H,17,18). The highest BCUT2D eigenvalue weighted by Gasteiger charge is 2.37. The van der Waals surface area contributed by atoms with Crippen LogP contribution in [0.4, 0.5) is 0 Å². The lowest BCUT2D eigenvalue weighted by Crippen LogP contribution is -2.59. The Morgan fingerprint density at radius 2 is 1.79 bits per heavy atom. The normalized spacial score (nSPS) is 31.2. The molecule has 2 fully saturated rings. The highest BCUT2D eigenvalue weighted by molar-refractivity contribution is 5.86. The molecule has 0 radical (unpaired) electrons. The number of carbonyl (C=O) groups is 1. The van der Waals surface area contributed by atoms with Crippen LogP contribution in [0.1, 0.15) is 52.4 Å². The quantitative estimate of drug-likeness (QED) is 0.820. The van der Waals surface area contributed by atoms with E-state index < -0.39 is 5.54 Å². The van der Waals surface area contributed by atoms with Gasteiger partial charge in [-0.3, -0.25) is 4.79 Å². The van der Waals surface area contributed by atoms with E-state index in [9.17, 15) is 4.79 Å². The van der Waals surface area contributed by atoms with Crippen molar-refractivity contribution in [3.05, 3.63) is 0 Å². The van der Waals surface area contributed by atoms with E-state index in [1.807, 2.05) is 0 Å². The fraction of sp³-hybridized carbons (Fsp3) is 0.933. The van der Waals surface area contributed by atoms with Crippen molar-refractivity contribution >= 4 is 5.91 Å². The summed E-state index contributed by atoms with van der Waals surface area (Å²) in [4.78, 5) is 12.3. The minimum atomic E-state index is -0.701. The molecule has 3 N–H and O–H groups in total. The van der Waals surface area contributed by atoms with Gasteiger partial charge in [0.25, 0.3) is 0 Å². The lowest BCUT2D eigenvalue weighted by atomic mass is 9.79. The van der Waals surface area contributed by atoms with Crippen LogP contribution in [-0.2, 0) is 9.53 Å². The molecule has 0 aromatic heterocycles. The molecular weight excluding hydrogens is 240 g/mol. The summed E-state index contributed by atoms with van der Waals surface area (Å²) >= 11 is 0. The molecule has 4 heteroatoms. The van der Waals surface area contributed by atoms with Gasteiger partial charge in [0.05, 0.1) is 5.54 Å². The predicted molar refractivity (Wildman–Crippen MR) is 75.7 cm³/mol. The summed E-state index contributed by atoms with van der Waals surface area (Å²) in [6, 6.07) is 0.325. The molecule has 1 amide bonds. The summed E-state index contributed by atoms with van der Waals surface area (Å²) in [6.45, 7) is 5.79. The van der Waals surface area contributed by atoms with Crippen molar-refractivity contribution in [1.82, 2.24) is 5.32 Å². The predicted octanol–water partition coefficient (Wildman–Crippen LogP) is 1.83. The van der Waals surface area contributed by atoms with Gasteiger partial charge in [-0.05, 0) is 50.4 Å². The van der Waals surface area contributed by atoms with Crippen molar-refractivity contribution in [2.24, 2.45) is 17.6 Å². The summed E-state index contributed by atoms with van der Waals surface area (Å²) in [6.07, 6.45) is 5.93. The molecule has 0 aromatic carbocycles. The Bertz CT molecular complexity index is 303. The lowest BCUT2D eigenvalue weighted by molar-refractivity contribution is -0.130. The second-order valence-corrected chi connectivity index (χ2v) is 6.60. The number of hydrogen-bond acceptors (Lipinski definition) is 3. The first kappa shape index (κ1) is 14.8. The summed E-state index contributed by atoms with van der Waals surface area (Å²) in [7, 11) is 0. The Hall–Kier alpha value is -0.610. The Kier molecular flexibility index (Phi) is 4.85. The number of amides is 1. The van der Waals surface area contributed by atoms with Crippen LogP contribution in [-0.4, -0.2) is 30.7 Å². The van der Waals surface area contributed by atoms with Crippen LogP contribution in [0.25, 0.3) is 0 Å². The van der Waals surface area contributed by atoms with E-state index in [1.54, 1.807) is 0 Å². The van der Waals surface area contributed by atoms with Crippen LogP contribution in [0.2, 0.25) is 0 Å². The second-order valence-electron chi connectivity index (χ2n) is 6.60. The van der Waals surface area contributed by atoms with Gasteiger partial charge in [-0.1, -0.05) is 13.8 Å². The molecular formula is C15H28N2O2. The average Bonchev–Trinajstić information content (AvgIpc) is 2.40. The van der Waals surface area contributed by atoms with E-state index in [1.165, 1.54) is 12.8 Å². The maximum Gasteiger partial charge on any atom is 0.240 e. The van der Waals surface area contributed by atoms with E-state index in [2.05, 4.69) is 19.2 Å². The first-order valence-corrected chi connectivity index (χ1v) is 7.69. The van der Waals surface area contributed by atoms with Gasteiger partial charge in [-0.25, -0.2) is 0 Å². The van der Waals surface area contributed by atoms with Gasteiger partial charge in [0.2, 0.25) is 5.91 Å².